The molecule has 3 aromatic rings. The highest BCUT2D eigenvalue weighted by Gasteiger charge is 2.14. The summed E-state index contributed by atoms with van der Waals surface area (Å²) in [6, 6.07) is 9.01. The Morgan fingerprint density at radius 2 is 1.96 bits per heavy atom. The van der Waals surface area contributed by atoms with Crippen molar-refractivity contribution in [2.75, 3.05) is 11.5 Å². The number of ether oxygens (including phenoxy) is 1. The Hall–Kier alpha value is -3.73. The van der Waals surface area contributed by atoms with Gasteiger partial charge in [0.15, 0.2) is 0 Å². The van der Waals surface area contributed by atoms with Gasteiger partial charge < -0.3 is 16.2 Å². The van der Waals surface area contributed by atoms with E-state index >= 15 is 0 Å². The van der Waals surface area contributed by atoms with Crippen LogP contribution in [0.5, 0.6) is 11.6 Å². The number of hydrogen-bond donors (Lipinski definition) is 2. The third kappa shape index (κ3) is 3.05. The molecule has 0 aliphatic carbocycles. The normalized spacial score (nSPS) is 10.2. The fourth-order valence-electron chi connectivity index (χ4n) is 2.13. The van der Waals surface area contributed by atoms with Crippen LogP contribution in [0.4, 0.5) is 11.8 Å². The molecule has 0 aliphatic heterocycles. The van der Waals surface area contributed by atoms with E-state index in [1.807, 2.05) is 13.0 Å². The highest BCUT2D eigenvalue weighted by Crippen LogP contribution is 2.29. The number of nitrogen functional groups attached to an aromatic ring is 2. The zero-order valence-corrected chi connectivity index (χ0v) is 12.8. The van der Waals surface area contributed by atoms with E-state index in [9.17, 15) is 5.26 Å². The quantitative estimate of drug-likeness (QED) is 0.748. The summed E-state index contributed by atoms with van der Waals surface area (Å²) in [4.78, 5) is 16.2. The first kappa shape index (κ1) is 15.2. The van der Waals surface area contributed by atoms with Crippen LogP contribution in [0.25, 0.3) is 11.3 Å². The van der Waals surface area contributed by atoms with Crippen LogP contribution < -0.4 is 16.2 Å². The third-order valence-electron chi connectivity index (χ3n) is 3.13. The molecule has 0 spiro atoms. The van der Waals surface area contributed by atoms with Gasteiger partial charge in [-0.1, -0.05) is 12.1 Å². The van der Waals surface area contributed by atoms with Crippen LogP contribution in [0, 0.1) is 18.3 Å². The molecule has 3 rings (SSSR count). The number of nitrogens with two attached hydrogens (primary N) is 2. The van der Waals surface area contributed by atoms with Crippen LogP contribution in [0.3, 0.4) is 0 Å². The number of benzene rings is 1. The van der Waals surface area contributed by atoms with Gasteiger partial charge in [-0.25, -0.2) is 9.97 Å². The molecule has 118 valence electrons. The van der Waals surface area contributed by atoms with Gasteiger partial charge in [0.2, 0.25) is 11.8 Å². The summed E-state index contributed by atoms with van der Waals surface area (Å²) in [5.41, 5.74) is 13.3. The number of nitriles is 1. The maximum atomic E-state index is 9.29. The van der Waals surface area contributed by atoms with E-state index in [0.717, 1.165) is 5.69 Å². The van der Waals surface area contributed by atoms with Gasteiger partial charge in [-0.2, -0.15) is 10.2 Å². The minimum absolute atomic E-state index is 0.00243. The lowest BCUT2D eigenvalue weighted by Gasteiger charge is -2.09. The SMILES string of the molecule is Cc1cncc(Oc2cccc(-c3nc(N)nc(N)c3C#N)c2)n1. The highest BCUT2D eigenvalue weighted by atomic mass is 16.5. The van der Waals surface area contributed by atoms with Crippen LogP contribution >= 0.6 is 0 Å². The van der Waals surface area contributed by atoms with Gasteiger partial charge in [0, 0.05) is 11.8 Å². The summed E-state index contributed by atoms with van der Waals surface area (Å²) in [6.07, 6.45) is 3.15. The molecule has 0 bridgehead atoms. The molecular formula is C16H13N7O. The van der Waals surface area contributed by atoms with Crippen LogP contribution in [-0.2, 0) is 0 Å². The molecule has 0 atom stereocenters. The van der Waals surface area contributed by atoms with Crippen molar-refractivity contribution in [2.24, 2.45) is 0 Å². The van der Waals surface area contributed by atoms with E-state index in [1.54, 1.807) is 30.5 Å². The van der Waals surface area contributed by atoms with E-state index < -0.39 is 0 Å². The minimum atomic E-state index is -0.00243. The second kappa shape index (κ2) is 6.18. The van der Waals surface area contributed by atoms with E-state index in [-0.39, 0.29) is 17.3 Å². The van der Waals surface area contributed by atoms with Gasteiger partial charge in [-0.05, 0) is 19.1 Å². The molecule has 0 amide bonds. The number of nitrogens with zero attached hydrogens (tertiary/aromatic N) is 5. The van der Waals surface area contributed by atoms with Crippen molar-refractivity contribution in [3.05, 3.63) is 47.9 Å². The van der Waals surface area contributed by atoms with Crippen LogP contribution in [-0.4, -0.2) is 19.9 Å². The predicted molar refractivity (Wildman–Crippen MR) is 87.9 cm³/mol. The number of aryl methyl sites for hydroxylation is 1. The number of aromatic nitrogens is 4. The molecule has 24 heavy (non-hydrogen) atoms. The van der Waals surface area contributed by atoms with Crippen LogP contribution in [0.1, 0.15) is 11.3 Å². The lowest BCUT2D eigenvalue weighted by atomic mass is 10.1. The molecule has 0 radical (unpaired) electrons. The maximum Gasteiger partial charge on any atom is 0.238 e. The topological polar surface area (TPSA) is 137 Å². The predicted octanol–water partition coefficient (Wildman–Crippen LogP) is 2.07. The highest BCUT2D eigenvalue weighted by molar-refractivity contribution is 5.73. The monoisotopic (exact) mass is 319 g/mol. The molecular weight excluding hydrogens is 306 g/mol. The summed E-state index contributed by atoms with van der Waals surface area (Å²) in [5.74, 6) is 0.926. The zero-order valence-electron chi connectivity index (χ0n) is 12.8. The Morgan fingerprint density at radius 1 is 1.12 bits per heavy atom. The second-order valence-electron chi connectivity index (χ2n) is 4.93. The van der Waals surface area contributed by atoms with Gasteiger partial charge in [-0.15, -0.1) is 0 Å². The average Bonchev–Trinajstić information content (AvgIpc) is 2.54. The third-order valence-corrected chi connectivity index (χ3v) is 3.13. The summed E-state index contributed by atoms with van der Waals surface area (Å²) < 4.78 is 5.69. The average molecular weight is 319 g/mol. The Balaban J connectivity index is 2.01. The van der Waals surface area contributed by atoms with E-state index in [0.29, 0.717) is 22.9 Å². The Morgan fingerprint density at radius 3 is 2.71 bits per heavy atom. The molecule has 8 nitrogen and oxygen atoms in total. The van der Waals surface area contributed by atoms with Gasteiger partial charge >= 0.3 is 0 Å². The Labute approximate surface area is 137 Å². The first-order valence-corrected chi connectivity index (χ1v) is 6.97. The van der Waals surface area contributed by atoms with E-state index in [1.165, 1.54) is 6.20 Å². The summed E-state index contributed by atoms with van der Waals surface area (Å²) >= 11 is 0. The van der Waals surface area contributed by atoms with Gasteiger partial charge in [0.1, 0.15) is 23.2 Å². The number of hydrogen-bond acceptors (Lipinski definition) is 8. The van der Waals surface area contributed by atoms with Crippen molar-refractivity contribution < 1.29 is 4.74 Å². The smallest absolute Gasteiger partial charge is 0.238 e. The first-order chi connectivity index (χ1) is 11.6. The lowest BCUT2D eigenvalue weighted by molar-refractivity contribution is 0.459. The summed E-state index contributed by atoms with van der Waals surface area (Å²) in [5, 5.41) is 9.29. The van der Waals surface area contributed by atoms with Crippen molar-refractivity contribution in [2.45, 2.75) is 6.92 Å². The largest absolute Gasteiger partial charge is 0.437 e. The molecule has 1 aromatic carbocycles. The van der Waals surface area contributed by atoms with Gasteiger partial charge in [-0.3, -0.25) is 4.98 Å². The lowest BCUT2D eigenvalue weighted by Crippen LogP contribution is -2.05. The molecule has 2 aromatic heterocycles. The zero-order chi connectivity index (χ0) is 17.1. The van der Waals surface area contributed by atoms with Crippen LogP contribution in [0.15, 0.2) is 36.7 Å². The summed E-state index contributed by atoms with van der Waals surface area (Å²) in [7, 11) is 0. The standard InChI is InChI=1S/C16H13N7O/c1-9-7-20-8-13(21-9)24-11-4-2-3-10(5-11)14-12(6-17)15(18)23-16(19)22-14/h2-5,7-8H,1H3,(H4,18,19,22,23). The molecule has 0 aliphatic rings. The van der Waals surface area contributed by atoms with Gasteiger partial charge in [0.05, 0.1) is 17.6 Å². The van der Waals surface area contributed by atoms with Crippen molar-refractivity contribution in [1.29, 1.82) is 5.26 Å². The number of anilines is 2. The Kier molecular flexibility index (Phi) is 3.91. The second-order valence-corrected chi connectivity index (χ2v) is 4.93. The fourth-order valence-corrected chi connectivity index (χ4v) is 2.13. The minimum Gasteiger partial charge on any atom is -0.437 e. The molecule has 4 N–H and O–H groups in total. The number of rotatable bonds is 3. The molecule has 8 heteroatoms. The molecule has 0 saturated carbocycles. The molecule has 0 fully saturated rings. The Bertz CT molecular complexity index is 949. The van der Waals surface area contributed by atoms with Gasteiger partial charge in [0.25, 0.3) is 0 Å². The molecule has 0 saturated heterocycles. The van der Waals surface area contributed by atoms with E-state index in [2.05, 4.69) is 19.9 Å². The molecule has 2 heterocycles. The van der Waals surface area contributed by atoms with Crippen molar-refractivity contribution in [1.82, 2.24) is 19.9 Å². The van der Waals surface area contributed by atoms with E-state index in [4.69, 9.17) is 16.2 Å². The molecule has 0 unspecified atom stereocenters. The van der Waals surface area contributed by atoms with Crippen molar-refractivity contribution in [3.63, 3.8) is 0 Å². The maximum absolute atomic E-state index is 9.29. The summed E-state index contributed by atoms with van der Waals surface area (Å²) in [6.45, 7) is 1.82. The first-order valence-electron chi connectivity index (χ1n) is 6.97. The van der Waals surface area contributed by atoms with Crippen molar-refractivity contribution in [3.8, 4) is 29.0 Å². The van der Waals surface area contributed by atoms with Crippen LogP contribution in [0.2, 0.25) is 0 Å². The van der Waals surface area contributed by atoms with Crippen molar-refractivity contribution >= 4 is 11.8 Å². The fraction of sp³-hybridized carbons (Fsp3) is 0.0625.